The summed E-state index contributed by atoms with van der Waals surface area (Å²) >= 11 is 6.05. The van der Waals surface area contributed by atoms with Crippen molar-refractivity contribution in [2.75, 3.05) is 37.5 Å². The first-order chi connectivity index (χ1) is 14.6. The monoisotopic (exact) mass is 465 g/mol. The van der Waals surface area contributed by atoms with E-state index < -0.39 is 15.9 Å². The molecular formula is C21H24ClN3O5S. The first-order valence-corrected chi connectivity index (χ1v) is 11.5. The Bertz CT molecular complexity index is 1100. The molecule has 8 nitrogen and oxygen atoms in total. The lowest BCUT2D eigenvalue weighted by Crippen LogP contribution is -2.28. The summed E-state index contributed by atoms with van der Waals surface area (Å²) in [6, 6.07) is 11.4. The number of para-hydroxylation sites is 2. The zero-order valence-corrected chi connectivity index (χ0v) is 19.0. The Hall–Kier alpha value is -2.62. The van der Waals surface area contributed by atoms with Crippen LogP contribution in [-0.2, 0) is 19.6 Å². The number of amides is 2. The molecule has 1 fully saturated rings. The Morgan fingerprint density at radius 3 is 2.65 bits per heavy atom. The zero-order valence-electron chi connectivity index (χ0n) is 17.5. The summed E-state index contributed by atoms with van der Waals surface area (Å²) in [5.74, 6) is -0.568. The van der Waals surface area contributed by atoms with E-state index in [-0.39, 0.29) is 40.4 Å². The van der Waals surface area contributed by atoms with Crippen molar-refractivity contribution < 1.29 is 22.7 Å². The van der Waals surface area contributed by atoms with Crippen LogP contribution < -0.4 is 15.0 Å². The van der Waals surface area contributed by atoms with Crippen LogP contribution in [0, 0.1) is 5.92 Å². The van der Waals surface area contributed by atoms with E-state index in [1.807, 2.05) is 13.0 Å². The van der Waals surface area contributed by atoms with Crippen LogP contribution in [0.15, 0.2) is 47.4 Å². The van der Waals surface area contributed by atoms with E-state index >= 15 is 0 Å². The van der Waals surface area contributed by atoms with Crippen molar-refractivity contribution in [1.29, 1.82) is 0 Å². The standard InChI is InChI=1S/C21H24ClN3O5S/c1-4-30-18-8-6-5-7-17(18)25-13-14(11-20(25)26)21(27)23-15-9-10-16(22)19(12-15)31(28,29)24(2)3/h5-10,12,14H,4,11,13H2,1-3H3,(H,23,27). The third-order valence-corrected chi connectivity index (χ3v) is 7.21. The molecule has 0 bridgehead atoms. The fourth-order valence-electron chi connectivity index (χ4n) is 3.29. The molecule has 0 radical (unpaired) electrons. The Morgan fingerprint density at radius 1 is 1.26 bits per heavy atom. The molecular weight excluding hydrogens is 442 g/mol. The molecule has 10 heteroatoms. The van der Waals surface area contributed by atoms with Crippen LogP contribution >= 0.6 is 11.6 Å². The van der Waals surface area contributed by atoms with Crippen LogP contribution in [0.3, 0.4) is 0 Å². The molecule has 3 rings (SSSR count). The van der Waals surface area contributed by atoms with Gasteiger partial charge in [0.15, 0.2) is 0 Å². The number of nitrogens with one attached hydrogen (secondary N) is 1. The van der Waals surface area contributed by atoms with Gasteiger partial charge < -0.3 is 15.0 Å². The van der Waals surface area contributed by atoms with Crippen molar-refractivity contribution in [3.63, 3.8) is 0 Å². The topological polar surface area (TPSA) is 96.0 Å². The predicted octanol–water partition coefficient (Wildman–Crippen LogP) is 2.98. The van der Waals surface area contributed by atoms with Gasteiger partial charge in [-0.05, 0) is 37.3 Å². The fraction of sp³-hybridized carbons (Fsp3) is 0.333. The molecule has 166 valence electrons. The van der Waals surface area contributed by atoms with Gasteiger partial charge in [0.25, 0.3) is 0 Å². The zero-order chi connectivity index (χ0) is 22.8. The van der Waals surface area contributed by atoms with E-state index in [0.29, 0.717) is 18.0 Å². The molecule has 1 N–H and O–H groups in total. The molecule has 2 aromatic carbocycles. The smallest absolute Gasteiger partial charge is 0.244 e. The summed E-state index contributed by atoms with van der Waals surface area (Å²) in [7, 11) is -0.978. The average molecular weight is 466 g/mol. The minimum atomic E-state index is -3.77. The van der Waals surface area contributed by atoms with Crippen LogP contribution in [0.1, 0.15) is 13.3 Å². The van der Waals surface area contributed by atoms with Crippen LogP contribution in [0.5, 0.6) is 5.75 Å². The van der Waals surface area contributed by atoms with Gasteiger partial charge in [0.2, 0.25) is 21.8 Å². The minimum absolute atomic E-state index is 0.0444. The minimum Gasteiger partial charge on any atom is -0.492 e. The molecule has 1 aliphatic rings. The number of hydrogen-bond acceptors (Lipinski definition) is 5. The SMILES string of the molecule is CCOc1ccccc1N1CC(C(=O)Nc2ccc(Cl)c(S(=O)(=O)N(C)C)c2)CC1=O. The Balaban J connectivity index is 1.78. The number of rotatable bonds is 7. The first-order valence-electron chi connectivity index (χ1n) is 9.70. The van der Waals surface area contributed by atoms with Crippen molar-refractivity contribution in [3.05, 3.63) is 47.5 Å². The van der Waals surface area contributed by atoms with Gasteiger partial charge in [0.1, 0.15) is 10.6 Å². The highest BCUT2D eigenvalue weighted by atomic mass is 35.5. The quantitative estimate of drug-likeness (QED) is 0.678. The molecule has 1 atom stereocenters. The third-order valence-electron chi connectivity index (χ3n) is 4.91. The Kier molecular flexibility index (Phi) is 6.88. The Labute approximate surface area is 186 Å². The molecule has 0 spiro atoms. The van der Waals surface area contributed by atoms with Gasteiger partial charge in [-0.2, -0.15) is 0 Å². The van der Waals surface area contributed by atoms with Crippen molar-refractivity contribution in [2.24, 2.45) is 5.92 Å². The largest absolute Gasteiger partial charge is 0.492 e. The summed E-state index contributed by atoms with van der Waals surface area (Å²) in [6.07, 6.45) is 0.0444. The molecule has 0 aromatic heterocycles. The number of carbonyl (C=O) groups is 2. The lowest BCUT2D eigenvalue weighted by molar-refractivity contribution is -0.122. The number of benzene rings is 2. The van der Waals surface area contributed by atoms with E-state index in [1.165, 1.54) is 32.3 Å². The number of carbonyl (C=O) groups excluding carboxylic acids is 2. The predicted molar refractivity (Wildman–Crippen MR) is 119 cm³/mol. The maximum Gasteiger partial charge on any atom is 0.244 e. The molecule has 0 saturated carbocycles. The summed E-state index contributed by atoms with van der Waals surface area (Å²) in [5.41, 5.74) is 0.908. The summed E-state index contributed by atoms with van der Waals surface area (Å²) in [4.78, 5) is 26.8. The van der Waals surface area contributed by atoms with E-state index in [4.69, 9.17) is 16.3 Å². The van der Waals surface area contributed by atoms with Gasteiger partial charge >= 0.3 is 0 Å². The van der Waals surface area contributed by atoms with Gasteiger partial charge in [-0.1, -0.05) is 23.7 Å². The van der Waals surface area contributed by atoms with Crippen molar-refractivity contribution in [3.8, 4) is 5.75 Å². The van der Waals surface area contributed by atoms with Crippen molar-refractivity contribution >= 4 is 44.8 Å². The van der Waals surface area contributed by atoms with E-state index in [2.05, 4.69) is 5.32 Å². The summed E-state index contributed by atoms with van der Waals surface area (Å²) in [5, 5.41) is 2.76. The van der Waals surface area contributed by atoms with E-state index in [1.54, 1.807) is 23.1 Å². The maximum absolute atomic E-state index is 12.8. The van der Waals surface area contributed by atoms with Crippen LogP contribution in [0.25, 0.3) is 0 Å². The molecule has 1 unspecified atom stereocenters. The normalized spacial score (nSPS) is 16.6. The second kappa shape index (κ2) is 9.25. The molecule has 31 heavy (non-hydrogen) atoms. The van der Waals surface area contributed by atoms with Crippen LogP contribution in [-0.4, -0.2) is 51.8 Å². The second-order valence-corrected chi connectivity index (χ2v) is 9.76. The van der Waals surface area contributed by atoms with Gasteiger partial charge in [0.05, 0.1) is 23.2 Å². The molecule has 1 heterocycles. The highest BCUT2D eigenvalue weighted by molar-refractivity contribution is 7.89. The van der Waals surface area contributed by atoms with Gasteiger partial charge in [-0.25, -0.2) is 12.7 Å². The van der Waals surface area contributed by atoms with Crippen molar-refractivity contribution in [1.82, 2.24) is 4.31 Å². The fourth-order valence-corrected chi connectivity index (χ4v) is 4.69. The lowest BCUT2D eigenvalue weighted by Gasteiger charge is -2.20. The van der Waals surface area contributed by atoms with Gasteiger partial charge in [-0.15, -0.1) is 0 Å². The van der Waals surface area contributed by atoms with E-state index in [0.717, 1.165) is 4.31 Å². The number of ether oxygens (including phenoxy) is 1. The summed E-state index contributed by atoms with van der Waals surface area (Å²) < 4.78 is 31.5. The maximum atomic E-state index is 12.8. The lowest BCUT2D eigenvalue weighted by atomic mass is 10.1. The second-order valence-electron chi connectivity index (χ2n) is 7.23. The average Bonchev–Trinajstić information content (AvgIpc) is 3.11. The number of anilines is 2. The van der Waals surface area contributed by atoms with E-state index in [9.17, 15) is 18.0 Å². The molecule has 0 aliphatic carbocycles. The first kappa shape index (κ1) is 23.1. The molecule has 1 aliphatic heterocycles. The van der Waals surface area contributed by atoms with Crippen LogP contribution in [0.2, 0.25) is 5.02 Å². The van der Waals surface area contributed by atoms with Crippen molar-refractivity contribution in [2.45, 2.75) is 18.2 Å². The number of sulfonamides is 1. The highest BCUT2D eigenvalue weighted by Gasteiger charge is 2.36. The van der Waals surface area contributed by atoms with Crippen LogP contribution in [0.4, 0.5) is 11.4 Å². The number of nitrogens with zero attached hydrogens (tertiary/aromatic N) is 2. The number of hydrogen-bond donors (Lipinski definition) is 1. The summed E-state index contributed by atoms with van der Waals surface area (Å²) in [6.45, 7) is 2.51. The molecule has 2 amide bonds. The van der Waals surface area contributed by atoms with Gasteiger partial charge in [0, 0.05) is 32.7 Å². The molecule has 1 saturated heterocycles. The highest BCUT2D eigenvalue weighted by Crippen LogP contribution is 2.34. The third kappa shape index (κ3) is 4.84. The Morgan fingerprint density at radius 2 is 1.97 bits per heavy atom. The number of halogens is 1. The van der Waals surface area contributed by atoms with Gasteiger partial charge in [-0.3, -0.25) is 9.59 Å². The molecule has 2 aromatic rings.